The standard InChI is InChI=1S/C16H22N2O2/c1-2-12(8-10-6-7-10)17-15-13(16(19)20)9-11-4-3-5-14(11)18-15/h9-10,12H,2-8H2,1H3,(H,17,18)(H,19,20). The van der Waals surface area contributed by atoms with E-state index in [-0.39, 0.29) is 0 Å². The highest BCUT2D eigenvalue weighted by Gasteiger charge is 2.26. The molecule has 2 aliphatic carbocycles. The molecule has 1 heterocycles. The van der Waals surface area contributed by atoms with Crippen LogP contribution >= 0.6 is 0 Å². The van der Waals surface area contributed by atoms with Crippen LogP contribution in [0.4, 0.5) is 5.82 Å². The molecule has 0 saturated heterocycles. The summed E-state index contributed by atoms with van der Waals surface area (Å²) in [6.07, 6.45) is 7.81. The number of aromatic nitrogens is 1. The highest BCUT2D eigenvalue weighted by Crippen LogP contribution is 2.35. The van der Waals surface area contributed by atoms with Crippen LogP contribution in [0.2, 0.25) is 0 Å². The summed E-state index contributed by atoms with van der Waals surface area (Å²) in [4.78, 5) is 16.0. The number of pyridine rings is 1. The summed E-state index contributed by atoms with van der Waals surface area (Å²) < 4.78 is 0. The quantitative estimate of drug-likeness (QED) is 0.835. The number of nitrogens with one attached hydrogen (secondary N) is 1. The fourth-order valence-corrected chi connectivity index (χ4v) is 3.02. The number of carboxylic acids is 1. The number of hydrogen-bond acceptors (Lipinski definition) is 3. The van der Waals surface area contributed by atoms with Crippen molar-refractivity contribution in [2.45, 2.75) is 57.9 Å². The molecule has 4 heteroatoms. The summed E-state index contributed by atoms with van der Waals surface area (Å²) >= 11 is 0. The molecule has 0 bridgehead atoms. The molecule has 1 unspecified atom stereocenters. The van der Waals surface area contributed by atoms with Gasteiger partial charge in [0, 0.05) is 11.7 Å². The first-order valence-electron chi connectivity index (χ1n) is 7.70. The molecule has 1 aromatic heterocycles. The molecule has 1 atom stereocenters. The average molecular weight is 274 g/mol. The molecule has 0 radical (unpaired) electrons. The topological polar surface area (TPSA) is 62.2 Å². The van der Waals surface area contributed by atoms with Crippen molar-refractivity contribution in [3.05, 3.63) is 22.9 Å². The Morgan fingerprint density at radius 1 is 1.50 bits per heavy atom. The molecule has 4 nitrogen and oxygen atoms in total. The van der Waals surface area contributed by atoms with Crippen LogP contribution in [0.15, 0.2) is 6.07 Å². The number of fused-ring (bicyclic) bond motifs is 1. The normalized spacial score (nSPS) is 18.6. The first-order chi connectivity index (χ1) is 9.67. The Balaban J connectivity index is 1.84. The third-order valence-electron chi connectivity index (χ3n) is 4.43. The van der Waals surface area contributed by atoms with Crippen LogP contribution in [0.5, 0.6) is 0 Å². The molecule has 2 aliphatic rings. The van der Waals surface area contributed by atoms with Gasteiger partial charge in [0.25, 0.3) is 0 Å². The lowest BCUT2D eigenvalue weighted by Crippen LogP contribution is -2.22. The van der Waals surface area contributed by atoms with E-state index in [9.17, 15) is 9.90 Å². The number of rotatable bonds is 6. The van der Waals surface area contributed by atoms with Crippen LogP contribution in [0, 0.1) is 5.92 Å². The lowest BCUT2D eigenvalue weighted by molar-refractivity contribution is 0.0697. The fraction of sp³-hybridized carbons (Fsp3) is 0.625. The Morgan fingerprint density at radius 2 is 2.30 bits per heavy atom. The number of aryl methyl sites for hydroxylation is 2. The maximum atomic E-state index is 11.4. The van der Waals surface area contributed by atoms with Crippen molar-refractivity contribution in [3.8, 4) is 0 Å². The Labute approximate surface area is 119 Å². The van der Waals surface area contributed by atoms with Crippen LogP contribution in [0.3, 0.4) is 0 Å². The Kier molecular flexibility index (Phi) is 3.64. The maximum Gasteiger partial charge on any atom is 0.339 e. The van der Waals surface area contributed by atoms with Gasteiger partial charge < -0.3 is 10.4 Å². The summed E-state index contributed by atoms with van der Waals surface area (Å²) in [5.74, 6) is 0.525. The second-order valence-electron chi connectivity index (χ2n) is 6.08. The predicted octanol–water partition coefficient (Wildman–Crippen LogP) is 3.26. The van der Waals surface area contributed by atoms with Gasteiger partial charge in [0.05, 0.1) is 0 Å². The van der Waals surface area contributed by atoms with Crippen molar-refractivity contribution in [3.63, 3.8) is 0 Å². The lowest BCUT2D eigenvalue weighted by Gasteiger charge is -2.19. The molecular formula is C16H22N2O2. The van der Waals surface area contributed by atoms with E-state index in [1.807, 2.05) is 6.07 Å². The molecule has 1 aromatic rings. The van der Waals surface area contributed by atoms with Gasteiger partial charge in [-0.15, -0.1) is 0 Å². The first-order valence-corrected chi connectivity index (χ1v) is 7.70. The van der Waals surface area contributed by atoms with E-state index in [0.29, 0.717) is 17.4 Å². The highest BCUT2D eigenvalue weighted by molar-refractivity contribution is 5.93. The first kappa shape index (κ1) is 13.4. The molecule has 0 aromatic carbocycles. The van der Waals surface area contributed by atoms with Gasteiger partial charge >= 0.3 is 5.97 Å². The molecule has 0 amide bonds. The summed E-state index contributed by atoms with van der Waals surface area (Å²) in [5.41, 5.74) is 2.53. The average Bonchev–Trinajstić information content (AvgIpc) is 3.12. The van der Waals surface area contributed by atoms with Gasteiger partial charge in [-0.25, -0.2) is 9.78 Å². The predicted molar refractivity (Wildman–Crippen MR) is 78.3 cm³/mol. The van der Waals surface area contributed by atoms with Gasteiger partial charge in [0.15, 0.2) is 0 Å². The van der Waals surface area contributed by atoms with E-state index >= 15 is 0 Å². The maximum absolute atomic E-state index is 11.4. The van der Waals surface area contributed by atoms with Crippen LogP contribution in [0.25, 0.3) is 0 Å². The van der Waals surface area contributed by atoms with Crippen molar-refractivity contribution in [2.75, 3.05) is 5.32 Å². The Bertz CT molecular complexity index is 523. The van der Waals surface area contributed by atoms with Gasteiger partial charge in [-0.3, -0.25) is 0 Å². The van der Waals surface area contributed by atoms with Crippen molar-refractivity contribution in [1.29, 1.82) is 0 Å². The molecule has 0 aliphatic heterocycles. The van der Waals surface area contributed by atoms with Crippen molar-refractivity contribution in [1.82, 2.24) is 4.98 Å². The third-order valence-corrected chi connectivity index (χ3v) is 4.43. The zero-order valence-corrected chi connectivity index (χ0v) is 12.0. The van der Waals surface area contributed by atoms with Crippen molar-refractivity contribution < 1.29 is 9.90 Å². The second-order valence-corrected chi connectivity index (χ2v) is 6.08. The van der Waals surface area contributed by atoms with Crippen molar-refractivity contribution in [2.24, 2.45) is 5.92 Å². The largest absolute Gasteiger partial charge is 0.478 e. The number of nitrogens with zero attached hydrogens (tertiary/aromatic N) is 1. The van der Waals surface area contributed by atoms with Gasteiger partial charge in [0.2, 0.25) is 0 Å². The van der Waals surface area contributed by atoms with E-state index in [4.69, 9.17) is 0 Å². The summed E-state index contributed by atoms with van der Waals surface area (Å²) in [5, 5.41) is 12.8. The zero-order chi connectivity index (χ0) is 14.1. The van der Waals surface area contributed by atoms with E-state index in [1.54, 1.807) is 0 Å². The number of anilines is 1. The molecule has 2 N–H and O–H groups in total. The number of aromatic carboxylic acids is 1. The van der Waals surface area contributed by atoms with E-state index in [1.165, 1.54) is 12.8 Å². The van der Waals surface area contributed by atoms with Crippen molar-refractivity contribution >= 4 is 11.8 Å². The monoisotopic (exact) mass is 274 g/mol. The summed E-state index contributed by atoms with van der Waals surface area (Å²) in [7, 11) is 0. The Morgan fingerprint density at radius 3 is 2.95 bits per heavy atom. The number of carboxylic acid groups (broad SMARTS) is 1. The molecule has 1 fully saturated rings. The minimum Gasteiger partial charge on any atom is -0.478 e. The summed E-state index contributed by atoms with van der Waals surface area (Å²) in [6.45, 7) is 2.15. The lowest BCUT2D eigenvalue weighted by atomic mass is 10.1. The number of hydrogen-bond donors (Lipinski definition) is 2. The van der Waals surface area contributed by atoms with Crippen LogP contribution < -0.4 is 5.32 Å². The zero-order valence-electron chi connectivity index (χ0n) is 12.0. The van der Waals surface area contributed by atoms with Gasteiger partial charge in [-0.05, 0) is 49.7 Å². The number of carbonyl (C=O) groups is 1. The molecule has 108 valence electrons. The van der Waals surface area contributed by atoms with Crippen LogP contribution in [-0.2, 0) is 12.8 Å². The van der Waals surface area contributed by atoms with Gasteiger partial charge in [0.1, 0.15) is 11.4 Å². The molecule has 20 heavy (non-hydrogen) atoms. The summed E-state index contributed by atoms with van der Waals surface area (Å²) in [6, 6.07) is 2.16. The van der Waals surface area contributed by atoms with Crippen LogP contribution in [-0.4, -0.2) is 22.1 Å². The van der Waals surface area contributed by atoms with E-state index in [2.05, 4.69) is 17.2 Å². The third kappa shape index (κ3) is 2.79. The highest BCUT2D eigenvalue weighted by atomic mass is 16.4. The molecule has 3 rings (SSSR count). The smallest absolute Gasteiger partial charge is 0.339 e. The van der Waals surface area contributed by atoms with Gasteiger partial charge in [-0.2, -0.15) is 0 Å². The SMILES string of the molecule is CCC(CC1CC1)Nc1nc2c(cc1C(=O)O)CCC2. The minimum atomic E-state index is -0.879. The second kappa shape index (κ2) is 5.43. The van der Waals surface area contributed by atoms with E-state index < -0.39 is 5.97 Å². The molecular weight excluding hydrogens is 252 g/mol. The minimum absolute atomic E-state index is 0.333. The molecule has 1 saturated carbocycles. The van der Waals surface area contributed by atoms with Crippen LogP contribution in [0.1, 0.15) is 60.6 Å². The Hall–Kier alpha value is -1.58. The molecule has 0 spiro atoms. The fourth-order valence-electron chi connectivity index (χ4n) is 3.02. The van der Waals surface area contributed by atoms with Gasteiger partial charge in [-0.1, -0.05) is 19.8 Å². The van der Waals surface area contributed by atoms with E-state index in [0.717, 1.165) is 49.3 Å².